The lowest BCUT2D eigenvalue weighted by atomic mass is 10.1. The van der Waals surface area contributed by atoms with Gasteiger partial charge in [0.2, 0.25) is 0 Å². The molecule has 1 atom stereocenters. The minimum Gasteiger partial charge on any atom is -0.451 e. The van der Waals surface area contributed by atoms with Gasteiger partial charge in [0, 0.05) is 5.75 Å². The first kappa shape index (κ1) is 23.6. The molecule has 29 heavy (non-hydrogen) atoms. The lowest BCUT2D eigenvalue weighted by Gasteiger charge is -2.00. The third kappa shape index (κ3) is 10.1. The highest BCUT2D eigenvalue weighted by Gasteiger charge is 2.13. The summed E-state index contributed by atoms with van der Waals surface area (Å²) in [5.74, 6) is 1.09. The Balaban J connectivity index is 1.42. The average Bonchev–Trinajstić information content (AvgIpc) is 3.42. The summed E-state index contributed by atoms with van der Waals surface area (Å²) in [4.78, 5) is 8.10. The van der Waals surface area contributed by atoms with Crippen molar-refractivity contribution in [3.05, 3.63) is 31.0 Å². The Morgan fingerprint density at radius 2 is 1.55 bits per heavy atom. The molecule has 0 amide bonds. The number of rotatable bonds is 17. The zero-order valence-corrected chi connectivity index (χ0v) is 18.6. The van der Waals surface area contributed by atoms with Crippen LogP contribution >= 0.6 is 0 Å². The van der Waals surface area contributed by atoms with Crippen LogP contribution in [0.15, 0.2) is 45.1 Å². The van der Waals surface area contributed by atoms with E-state index in [4.69, 9.17) is 8.83 Å². The predicted molar refractivity (Wildman–Crippen MR) is 118 cm³/mol. The van der Waals surface area contributed by atoms with Gasteiger partial charge in [-0.1, -0.05) is 70.4 Å². The first-order valence-corrected chi connectivity index (χ1v) is 12.5. The van der Waals surface area contributed by atoms with Gasteiger partial charge in [0.1, 0.15) is 22.8 Å². The summed E-state index contributed by atoms with van der Waals surface area (Å²) in [5.41, 5.74) is 0.571. The van der Waals surface area contributed by atoms with Crippen LogP contribution in [0.25, 0.3) is 11.5 Å². The minimum atomic E-state index is -1.19. The number of aromatic nitrogens is 2. The van der Waals surface area contributed by atoms with Gasteiger partial charge in [-0.05, 0) is 32.1 Å². The van der Waals surface area contributed by atoms with Gasteiger partial charge in [0.25, 0.3) is 5.22 Å². The predicted octanol–water partition coefficient (Wildman–Crippen LogP) is 7.08. The minimum absolute atomic E-state index is 0.276. The number of allylic oxidation sites excluding steroid dienone is 2. The first-order chi connectivity index (χ1) is 14.3. The Morgan fingerprint density at radius 1 is 0.897 bits per heavy atom. The van der Waals surface area contributed by atoms with Gasteiger partial charge in [-0.2, -0.15) is 0 Å². The highest BCUT2D eigenvalue weighted by molar-refractivity contribution is 7.84. The first-order valence-electron chi connectivity index (χ1n) is 11.2. The van der Waals surface area contributed by atoms with E-state index in [2.05, 4.69) is 29.0 Å². The number of hydrogen-bond donors (Lipinski definition) is 0. The fourth-order valence-corrected chi connectivity index (χ4v) is 4.20. The summed E-state index contributed by atoms with van der Waals surface area (Å²) < 4.78 is 22.7. The van der Waals surface area contributed by atoms with E-state index in [0.29, 0.717) is 17.2 Å². The third-order valence-electron chi connectivity index (χ3n) is 4.96. The van der Waals surface area contributed by atoms with Gasteiger partial charge in [0.15, 0.2) is 12.2 Å². The van der Waals surface area contributed by atoms with Crippen molar-refractivity contribution in [1.82, 2.24) is 9.97 Å². The monoisotopic (exact) mass is 420 g/mol. The highest BCUT2D eigenvalue weighted by atomic mass is 32.2. The maximum atomic E-state index is 12.3. The van der Waals surface area contributed by atoms with E-state index < -0.39 is 10.8 Å². The molecule has 0 spiro atoms. The van der Waals surface area contributed by atoms with Crippen molar-refractivity contribution in [3.8, 4) is 11.5 Å². The molecule has 0 N–H and O–H groups in total. The Hall–Kier alpha value is -1.69. The van der Waals surface area contributed by atoms with Crippen LogP contribution in [0.1, 0.15) is 90.4 Å². The summed E-state index contributed by atoms with van der Waals surface area (Å²) in [6, 6.07) is 0. The van der Waals surface area contributed by atoms with Crippen LogP contribution in [0.2, 0.25) is 0 Å². The zero-order chi connectivity index (χ0) is 20.6. The van der Waals surface area contributed by atoms with Gasteiger partial charge >= 0.3 is 0 Å². The molecule has 0 saturated heterocycles. The number of hydrogen-bond acceptors (Lipinski definition) is 5. The van der Waals surface area contributed by atoms with Gasteiger partial charge in [-0.3, -0.25) is 0 Å². The smallest absolute Gasteiger partial charge is 0.287 e. The zero-order valence-electron chi connectivity index (χ0n) is 17.8. The molecule has 0 saturated carbocycles. The second kappa shape index (κ2) is 15.2. The van der Waals surface area contributed by atoms with Crippen molar-refractivity contribution in [2.45, 2.75) is 95.6 Å². The maximum Gasteiger partial charge on any atom is 0.287 e. The van der Waals surface area contributed by atoms with Gasteiger partial charge in [-0.15, -0.1) is 0 Å². The molecule has 0 aliphatic heterocycles. The standard InChI is InChI=1S/C23H36N2O3S/c1-2-3-4-5-6-7-8-9-10-11-12-13-14-15-16-17-29(26)23-24-18-22(28-23)21-19-27-20-25-21/h9-10,18-20H,2-8,11-17H2,1H3/b10-9-. The van der Waals surface area contributed by atoms with Gasteiger partial charge in [-0.25, -0.2) is 14.2 Å². The van der Waals surface area contributed by atoms with Crippen LogP contribution in [-0.4, -0.2) is 19.9 Å². The van der Waals surface area contributed by atoms with Crippen molar-refractivity contribution >= 4 is 10.8 Å². The second-order valence-corrected chi connectivity index (χ2v) is 8.95. The van der Waals surface area contributed by atoms with Crippen LogP contribution in [0.5, 0.6) is 0 Å². The normalized spacial score (nSPS) is 12.7. The summed E-state index contributed by atoms with van der Waals surface area (Å²) >= 11 is 0. The van der Waals surface area contributed by atoms with E-state index in [1.165, 1.54) is 83.3 Å². The quantitative estimate of drug-likeness (QED) is 0.202. The van der Waals surface area contributed by atoms with Crippen LogP contribution < -0.4 is 0 Å². The van der Waals surface area contributed by atoms with Gasteiger partial charge < -0.3 is 8.83 Å². The summed E-state index contributed by atoms with van der Waals surface area (Å²) in [5, 5.41) is 0.276. The van der Waals surface area contributed by atoms with Crippen molar-refractivity contribution < 1.29 is 13.0 Å². The Kier molecular flexibility index (Phi) is 12.4. The Labute approximate surface area is 177 Å². The Bertz CT molecular complexity index is 695. The van der Waals surface area contributed by atoms with E-state index in [-0.39, 0.29) is 5.22 Å². The largest absolute Gasteiger partial charge is 0.451 e. The molecule has 1 unspecified atom stereocenters. The molecule has 0 radical (unpaired) electrons. The van der Waals surface area contributed by atoms with Crippen molar-refractivity contribution in [2.24, 2.45) is 0 Å². The molecule has 0 aliphatic carbocycles. The molecule has 0 aliphatic rings. The molecule has 2 aromatic heterocycles. The SMILES string of the molecule is CCCCCCCC/C=C\CCCCCCCS(=O)c1ncc(-c2cocn2)o1. The molecule has 2 heterocycles. The second-order valence-electron chi connectivity index (χ2n) is 7.50. The topological polar surface area (TPSA) is 69.1 Å². The fraction of sp³-hybridized carbons (Fsp3) is 0.652. The lowest BCUT2D eigenvalue weighted by molar-refractivity contribution is 0.454. The molecule has 0 fully saturated rings. The number of nitrogens with zero attached hydrogens (tertiary/aromatic N) is 2. The van der Waals surface area contributed by atoms with Crippen LogP contribution in [-0.2, 0) is 10.8 Å². The van der Waals surface area contributed by atoms with E-state index >= 15 is 0 Å². The summed E-state index contributed by atoms with van der Waals surface area (Å²) in [7, 11) is -1.19. The molecular formula is C23H36N2O3S. The molecule has 2 aromatic rings. The third-order valence-corrected chi connectivity index (χ3v) is 6.19. The van der Waals surface area contributed by atoms with E-state index in [9.17, 15) is 4.21 Å². The molecule has 162 valence electrons. The van der Waals surface area contributed by atoms with Crippen LogP contribution in [0.4, 0.5) is 0 Å². The summed E-state index contributed by atoms with van der Waals surface area (Å²) in [6.07, 6.45) is 25.4. The molecule has 6 heteroatoms. The molecular weight excluding hydrogens is 384 g/mol. The van der Waals surface area contributed by atoms with Gasteiger partial charge in [0.05, 0.1) is 6.20 Å². The number of oxazole rings is 2. The molecule has 0 aromatic carbocycles. The lowest BCUT2D eigenvalue weighted by Crippen LogP contribution is -1.98. The summed E-state index contributed by atoms with van der Waals surface area (Å²) in [6.45, 7) is 2.26. The van der Waals surface area contributed by atoms with Crippen molar-refractivity contribution in [2.75, 3.05) is 5.75 Å². The van der Waals surface area contributed by atoms with E-state index in [1.54, 1.807) is 6.20 Å². The molecule has 0 bridgehead atoms. The van der Waals surface area contributed by atoms with Crippen LogP contribution in [0.3, 0.4) is 0 Å². The van der Waals surface area contributed by atoms with Crippen molar-refractivity contribution in [1.29, 1.82) is 0 Å². The molecule has 5 nitrogen and oxygen atoms in total. The Morgan fingerprint density at radius 3 is 2.21 bits per heavy atom. The average molecular weight is 421 g/mol. The van der Waals surface area contributed by atoms with E-state index in [0.717, 1.165) is 12.8 Å². The maximum absolute atomic E-state index is 12.3. The van der Waals surface area contributed by atoms with E-state index in [1.807, 2.05) is 0 Å². The van der Waals surface area contributed by atoms with Crippen LogP contribution in [0, 0.1) is 0 Å². The fourth-order valence-electron chi connectivity index (χ4n) is 3.21. The highest BCUT2D eigenvalue weighted by Crippen LogP contribution is 2.20. The van der Waals surface area contributed by atoms with Crippen molar-refractivity contribution in [3.63, 3.8) is 0 Å². The number of unbranched alkanes of at least 4 members (excludes halogenated alkanes) is 11. The molecule has 2 rings (SSSR count).